The molecule has 1 aromatic carbocycles. The van der Waals surface area contributed by atoms with Gasteiger partial charge in [0.05, 0.1) is 21.6 Å². The summed E-state index contributed by atoms with van der Waals surface area (Å²) >= 11 is 6.51. The van der Waals surface area contributed by atoms with Gasteiger partial charge in [-0.25, -0.2) is 4.79 Å². The summed E-state index contributed by atoms with van der Waals surface area (Å²) in [4.78, 5) is 25.5. The van der Waals surface area contributed by atoms with Crippen molar-refractivity contribution in [3.8, 4) is 0 Å². The largest absolute Gasteiger partial charge is 0.444 e. The van der Waals surface area contributed by atoms with Crippen molar-refractivity contribution in [2.45, 2.75) is 65.0 Å². The first-order valence-corrected chi connectivity index (χ1v) is 11.1. The number of carbonyl (C=O) groups excluding carboxylic acids is 1. The summed E-state index contributed by atoms with van der Waals surface area (Å²) in [5.74, 6) is 0.256. The van der Waals surface area contributed by atoms with E-state index in [0.29, 0.717) is 33.6 Å². The Balaban J connectivity index is 1.66. The zero-order chi connectivity index (χ0) is 22.3. The molecule has 1 amide bonds. The van der Waals surface area contributed by atoms with E-state index in [2.05, 4.69) is 10.5 Å². The van der Waals surface area contributed by atoms with Crippen LogP contribution < -0.4 is 10.9 Å². The number of nitrogens with one attached hydrogen (secondary N) is 1. The summed E-state index contributed by atoms with van der Waals surface area (Å²) in [6, 6.07) is 5.55. The third-order valence-electron chi connectivity index (χ3n) is 5.83. The van der Waals surface area contributed by atoms with Crippen LogP contribution in [-0.2, 0) is 4.74 Å². The van der Waals surface area contributed by atoms with Crippen LogP contribution in [0.25, 0.3) is 21.9 Å². The lowest BCUT2D eigenvalue weighted by Gasteiger charge is -2.31. The van der Waals surface area contributed by atoms with Crippen LogP contribution >= 0.6 is 11.6 Å². The molecule has 7 nitrogen and oxygen atoms in total. The summed E-state index contributed by atoms with van der Waals surface area (Å²) in [7, 11) is 0. The highest BCUT2D eigenvalue weighted by Crippen LogP contribution is 2.37. The second-order valence-electron chi connectivity index (χ2n) is 9.35. The maximum atomic E-state index is 13.5. The molecule has 1 aliphatic carbocycles. The minimum Gasteiger partial charge on any atom is -0.444 e. The molecule has 2 unspecified atom stereocenters. The van der Waals surface area contributed by atoms with Crippen molar-refractivity contribution in [1.29, 1.82) is 0 Å². The van der Waals surface area contributed by atoms with Gasteiger partial charge < -0.3 is 19.1 Å². The fourth-order valence-corrected chi connectivity index (χ4v) is 4.80. The SMILES string of the molecule is Cc1noc2c1c(=O)n(C1CCCC(CNC(=O)OC(C)(C)C)C1)c1cccc(Cl)c21. The number of hydrogen-bond acceptors (Lipinski definition) is 5. The molecule has 1 aliphatic rings. The van der Waals surface area contributed by atoms with Gasteiger partial charge in [0, 0.05) is 12.6 Å². The van der Waals surface area contributed by atoms with E-state index in [9.17, 15) is 9.59 Å². The predicted octanol–water partition coefficient (Wildman–Crippen LogP) is 5.36. The van der Waals surface area contributed by atoms with E-state index in [0.717, 1.165) is 31.2 Å². The number of fused-ring (bicyclic) bond motifs is 3. The highest BCUT2D eigenvalue weighted by molar-refractivity contribution is 6.37. The molecular formula is C23H28ClN3O4. The van der Waals surface area contributed by atoms with E-state index in [1.807, 2.05) is 37.5 Å². The number of amides is 1. The number of benzene rings is 1. The van der Waals surface area contributed by atoms with E-state index in [-0.39, 0.29) is 17.5 Å². The van der Waals surface area contributed by atoms with Crippen LogP contribution in [0.2, 0.25) is 5.02 Å². The Bertz CT molecular complexity index is 1190. The third kappa shape index (κ3) is 4.28. The Hall–Kier alpha value is -2.54. The van der Waals surface area contributed by atoms with Gasteiger partial charge in [0.25, 0.3) is 5.56 Å². The molecule has 0 aliphatic heterocycles. The Kier molecular flexibility index (Phi) is 5.73. The van der Waals surface area contributed by atoms with Crippen LogP contribution in [0.4, 0.5) is 4.79 Å². The van der Waals surface area contributed by atoms with Gasteiger partial charge in [0.2, 0.25) is 0 Å². The molecule has 8 heteroatoms. The zero-order valence-corrected chi connectivity index (χ0v) is 19.1. The van der Waals surface area contributed by atoms with Crippen LogP contribution in [-0.4, -0.2) is 28.0 Å². The first kappa shape index (κ1) is 21.7. The number of ether oxygens (including phenoxy) is 1. The topological polar surface area (TPSA) is 86.4 Å². The number of aromatic nitrogens is 2. The third-order valence-corrected chi connectivity index (χ3v) is 6.14. The summed E-state index contributed by atoms with van der Waals surface area (Å²) in [6.07, 6.45) is 3.23. The van der Waals surface area contributed by atoms with Crippen LogP contribution in [0.5, 0.6) is 0 Å². The predicted molar refractivity (Wildman–Crippen MR) is 121 cm³/mol. The average molecular weight is 446 g/mol. The van der Waals surface area contributed by atoms with Crippen molar-refractivity contribution >= 4 is 39.6 Å². The first-order chi connectivity index (χ1) is 14.7. The van der Waals surface area contributed by atoms with Crippen molar-refractivity contribution < 1.29 is 14.1 Å². The number of hydrogen-bond donors (Lipinski definition) is 1. The molecule has 31 heavy (non-hydrogen) atoms. The Morgan fingerprint density at radius 1 is 1.32 bits per heavy atom. The smallest absolute Gasteiger partial charge is 0.407 e. The van der Waals surface area contributed by atoms with Gasteiger partial charge in [0.15, 0.2) is 5.58 Å². The monoisotopic (exact) mass is 445 g/mol. The van der Waals surface area contributed by atoms with Gasteiger partial charge >= 0.3 is 6.09 Å². The lowest BCUT2D eigenvalue weighted by atomic mass is 9.85. The molecule has 0 saturated heterocycles. The molecule has 3 aromatic rings. The van der Waals surface area contributed by atoms with Crippen LogP contribution in [0.15, 0.2) is 27.5 Å². The van der Waals surface area contributed by atoms with Crippen molar-refractivity contribution in [1.82, 2.24) is 15.0 Å². The number of pyridine rings is 1. The molecule has 2 aromatic heterocycles. The Morgan fingerprint density at radius 2 is 2.10 bits per heavy atom. The van der Waals surface area contributed by atoms with Gasteiger partial charge in [-0.3, -0.25) is 4.79 Å². The summed E-state index contributed by atoms with van der Waals surface area (Å²) in [6.45, 7) is 7.82. The lowest BCUT2D eigenvalue weighted by molar-refractivity contribution is 0.0512. The number of nitrogens with zero attached hydrogens (tertiary/aromatic N) is 2. The van der Waals surface area contributed by atoms with Crippen LogP contribution in [0.1, 0.15) is 58.2 Å². The number of halogens is 1. The van der Waals surface area contributed by atoms with Crippen LogP contribution in [0, 0.1) is 12.8 Å². The molecule has 2 heterocycles. The zero-order valence-electron chi connectivity index (χ0n) is 18.3. The van der Waals surface area contributed by atoms with Gasteiger partial charge in [-0.2, -0.15) is 0 Å². The minimum absolute atomic E-state index is 0.00588. The summed E-state index contributed by atoms with van der Waals surface area (Å²) in [5, 5.41) is 8.63. The minimum atomic E-state index is -0.531. The average Bonchev–Trinajstić information content (AvgIpc) is 3.07. The molecule has 166 valence electrons. The van der Waals surface area contributed by atoms with Crippen molar-refractivity contribution in [3.63, 3.8) is 0 Å². The second-order valence-corrected chi connectivity index (χ2v) is 9.76. The first-order valence-electron chi connectivity index (χ1n) is 10.7. The maximum Gasteiger partial charge on any atom is 0.407 e. The second kappa shape index (κ2) is 8.19. The normalized spacial score (nSPS) is 19.6. The maximum absolute atomic E-state index is 13.5. The van der Waals surface area contributed by atoms with E-state index in [4.69, 9.17) is 20.9 Å². The summed E-state index contributed by atoms with van der Waals surface area (Å²) < 4.78 is 12.7. The molecule has 1 saturated carbocycles. The number of alkyl carbamates (subject to hydrolysis) is 1. The highest BCUT2D eigenvalue weighted by Gasteiger charge is 2.28. The van der Waals surface area contributed by atoms with Gasteiger partial charge in [-0.1, -0.05) is 29.2 Å². The van der Waals surface area contributed by atoms with E-state index < -0.39 is 11.7 Å². The molecule has 0 bridgehead atoms. The van der Waals surface area contributed by atoms with Crippen molar-refractivity contribution in [2.75, 3.05) is 6.54 Å². The highest BCUT2D eigenvalue weighted by atomic mass is 35.5. The summed E-state index contributed by atoms with van der Waals surface area (Å²) in [5.41, 5.74) is 1.13. The fraction of sp³-hybridized carbons (Fsp3) is 0.522. The standard InChI is InChI=1S/C23H28ClN3O4/c1-13-18-20(31-26-13)19-16(24)9-6-10-17(19)27(21(18)28)15-8-5-7-14(11-15)12-25-22(29)30-23(2,3)4/h6,9-10,14-15H,5,7-8,11-12H2,1-4H3,(H,25,29). The molecule has 0 spiro atoms. The number of aryl methyl sites for hydroxylation is 1. The Morgan fingerprint density at radius 3 is 2.84 bits per heavy atom. The quantitative estimate of drug-likeness (QED) is 0.586. The van der Waals surface area contributed by atoms with Crippen molar-refractivity contribution in [3.05, 3.63) is 39.3 Å². The van der Waals surface area contributed by atoms with E-state index in [1.54, 1.807) is 13.0 Å². The van der Waals surface area contributed by atoms with Gasteiger partial charge in [-0.15, -0.1) is 0 Å². The van der Waals surface area contributed by atoms with E-state index in [1.165, 1.54) is 0 Å². The van der Waals surface area contributed by atoms with E-state index >= 15 is 0 Å². The lowest BCUT2D eigenvalue weighted by Crippen LogP contribution is -2.37. The fourth-order valence-electron chi connectivity index (χ4n) is 4.55. The molecule has 1 fully saturated rings. The molecule has 2 atom stereocenters. The Labute approximate surface area is 185 Å². The van der Waals surface area contributed by atoms with Crippen molar-refractivity contribution in [2.24, 2.45) is 5.92 Å². The number of carbonyl (C=O) groups is 1. The molecule has 4 rings (SSSR count). The molecular weight excluding hydrogens is 418 g/mol. The van der Waals surface area contributed by atoms with Gasteiger partial charge in [0.1, 0.15) is 11.0 Å². The number of rotatable bonds is 3. The van der Waals surface area contributed by atoms with Gasteiger partial charge in [-0.05, 0) is 65.0 Å². The molecule has 1 N–H and O–H groups in total. The molecule has 0 radical (unpaired) electrons. The van der Waals surface area contributed by atoms with Crippen LogP contribution in [0.3, 0.4) is 0 Å².